The van der Waals surface area contributed by atoms with Crippen LogP contribution in [0.15, 0.2) is 60.7 Å². The van der Waals surface area contributed by atoms with Crippen molar-refractivity contribution >= 4 is 36.6 Å². The molecular formula is C32H33O3S+. The predicted molar refractivity (Wildman–Crippen MR) is 150 cm³/mol. The standard InChI is InChI=1S/C32H33O3S/c1-22-19-25(36-28-15-9-7-13-26(28)27-14-8-10-16-29(27)36)20-23(2)31(22)34-21-30(33)35-32(3,4)18-17-24-11-5-6-12-24/h7-10,13-16,19-20,24H,5-6,11-12,21H2,1-4H3/q+1. The van der Waals surface area contributed by atoms with E-state index in [2.05, 4.69) is 72.5 Å². The first-order chi connectivity index (χ1) is 17.3. The SMILES string of the molecule is Cc1cc(-[s+]2c3ccccc3c3ccccc32)cc(C)c1OCC(=O)OC(C)(C)C#CC1CCCC1. The number of fused-ring (bicyclic) bond motifs is 3. The van der Waals surface area contributed by atoms with Crippen molar-refractivity contribution in [1.29, 1.82) is 0 Å². The fraction of sp³-hybridized carbons (Fsp3) is 0.344. The van der Waals surface area contributed by atoms with Crippen LogP contribution in [-0.2, 0) is 9.53 Å². The smallest absolute Gasteiger partial charge is 0.345 e. The molecule has 1 aromatic heterocycles. The highest BCUT2D eigenvalue weighted by Crippen LogP contribution is 2.49. The van der Waals surface area contributed by atoms with Gasteiger partial charge in [-0.25, -0.2) is 4.79 Å². The lowest BCUT2D eigenvalue weighted by Crippen LogP contribution is -2.29. The highest BCUT2D eigenvalue weighted by atomic mass is 32.2. The van der Waals surface area contributed by atoms with Crippen LogP contribution in [0.5, 0.6) is 5.75 Å². The molecule has 1 aliphatic carbocycles. The fourth-order valence-electron chi connectivity index (χ4n) is 5.18. The van der Waals surface area contributed by atoms with E-state index in [9.17, 15) is 4.79 Å². The van der Waals surface area contributed by atoms with Gasteiger partial charge in [-0.2, -0.15) is 0 Å². The molecule has 1 fully saturated rings. The van der Waals surface area contributed by atoms with Gasteiger partial charge in [-0.15, -0.1) is 0 Å². The molecule has 184 valence electrons. The van der Waals surface area contributed by atoms with E-state index in [1.54, 1.807) is 0 Å². The summed E-state index contributed by atoms with van der Waals surface area (Å²) in [7, 11) is -0.162. The minimum Gasteiger partial charge on any atom is -0.481 e. The van der Waals surface area contributed by atoms with Gasteiger partial charge in [0.1, 0.15) is 5.75 Å². The summed E-state index contributed by atoms with van der Waals surface area (Å²) in [4.78, 5) is 13.9. The van der Waals surface area contributed by atoms with Crippen molar-refractivity contribution in [3.8, 4) is 22.5 Å². The molecule has 4 aromatic rings. The van der Waals surface area contributed by atoms with Crippen LogP contribution in [0, 0.1) is 31.6 Å². The van der Waals surface area contributed by atoms with E-state index in [4.69, 9.17) is 9.47 Å². The van der Waals surface area contributed by atoms with Crippen LogP contribution in [0.2, 0.25) is 0 Å². The van der Waals surface area contributed by atoms with Gasteiger partial charge in [0.15, 0.2) is 26.5 Å². The van der Waals surface area contributed by atoms with E-state index in [0.29, 0.717) is 5.92 Å². The Hall–Kier alpha value is -3.29. The second kappa shape index (κ2) is 9.99. The maximum Gasteiger partial charge on any atom is 0.345 e. The number of hydrogen-bond acceptors (Lipinski definition) is 3. The molecule has 0 atom stereocenters. The molecule has 36 heavy (non-hydrogen) atoms. The minimum absolute atomic E-state index is 0.132. The van der Waals surface area contributed by atoms with Crippen LogP contribution in [-0.4, -0.2) is 18.2 Å². The topological polar surface area (TPSA) is 35.5 Å². The van der Waals surface area contributed by atoms with Gasteiger partial charge in [-0.3, -0.25) is 0 Å². The summed E-state index contributed by atoms with van der Waals surface area (Å²) in [6.45, 7) is 7.65. The molecule has 0 unspecified atom stereocenters. The lowest BCUT2D eigenvalue weighted by molar-refractivity contribution is -0.154. The highest BCUT2D eigenvalue weighted by Gasteiger charge is 2.25. The summed E-state index contributed by atoms with van der Waals surface area (Å²) in [6, 6.07) is 21.8. The van der Waals surface area contributed by atoms with Crippen molar-refractivity contribution in [1.82, 2.24) is 0 Å². The van der Waals surface area contributed by atoms with Gasteiger partial charge >= 0.3 is 5.97 Å². The Morgan fingerprint density at radius 3 is 2.08 bits per heavy atom. The number of rotatable bonds is 5. The number of thiophene rings is 1. The molecule has 0 saturated heterocycles. The average molecular weight is 498 g/mol. The fourth-order valence-corrected chi connectivity index (χ4v) is 7.74. The minimum atomic E-state index is -0.818. The van der Waals surface area contributed by atoms with Crippen molar-refractivity contribution in [3.05, 3.63) is 71.8 Å². The van der Waals surface area contributed by atoms with Crippen LogP contribution < -0.4 is 4.74 Å². The maximum atomic E-state index is 12.6. The van der Waals surface area contributed by atoms with Crippen molar-refractivity contribution in [3.63, 3.8) is 0 Å². The molecule has 0 N–H and O–H groups in total. The average Bonchev–Trinajstić information content (AvgIpc) is 3.48. The Balaban J connectivity index is 1.35. The predicted octanol–water partition coefficient (Wildman–Crippen LogP) is 8.24. The van der Waals surface area contributed by atoms with Crippen LogP contribution in [0.4, 0.5) is 0 Å². The van der Waals surface area contributed by atoms with Crippen molar-refractivity contribution in [2.24, 2.45) is 5.92 Å². The summed E-state index contributed by atoms with van der Waals surface area (Å²) in [5, 5.41) is 2.63. The molecule has 1 aliphatic rings. The van der Waals surface area contributed by atoms with Gasteiger partial charge in [0.2, 0.25) is 0 Å². The summed E-state index contributed by atoms with van der Waals surface area (Å²) in [5.74, 6) is 7.24. The molecule has 4 heteroatoms. The number of carbonyl (C=O) groups excluding carboxylic acids is 1. The van der Waals surface area contributed by atoms with Crippen molar-refractivity contribution in [2.75, 3.05) is 6.61 Å². The number of aryl methyl sites for hydroxylation is 2. The van der Waals surface area contributed by atoms with Gasteiger partial charge < -0.3 is 9.47 Å². The molecule has 0 bridgehead atoms. The Kier molecular flexibility index (Phi) is 6.77. The Labute approximate surface area is 216 Å². The first kappa shape index (κ1) is 24.4. The van der Waals surface area contributed by atoms with Gasteiger partial charge in [-0.1, -0.05) is 48.9 Å². The molecule has 1 heterocycles. The maximum absolute atomic E-state index is 12.6. The zero-order valence-electron chi connectivity index (χ0n) is 21.5. The number of benzene rings is 3. The van der Waals surface area contributed by atoms with Crippen LogP contribution in [0.25, 0.3) is 25.1 Å². The number of esters is 1. The third-order valence-electron chi connectivity index (χ3n) is 6.81. The molecule has 3 aromatic carbocycles. The molecule has 0 amide bonds. The van der Waals surface area contributed by atoms with Crippen LogP contribution in [0.3, 0.4) is 0 Å². The van der Waals surface area contributed by atoms with E-state index in [1.807, 2.05) is 27.7 Å². The molecule has 0 spiro atoms. The summed E-state index contributed by atoms with van der Waals surface area (Å²) >= 11 is 0. The first-order valence-corrected chi connectivity index (χ1v) is 14.0. The Bertz CT molecular complexity index is 1420. The number of carbonyl (C=O) groups is 1. The normalized spacial score (nSPS) is 14.1. The summed E-state index contributed by atoms with van der Waals surface area (Å²) < 4.78 is 14.4. The van der Waals surface area contributed by atoms with E-state index in [1.165, 1.54) is 37.9 Å². The lowest BCUT2D eigenvalue weighted by atomic mass is 10.1. The van der Waals surface area contributed by atoms with Gasteiger partial charge in [0.05, 0.1) is 0 Å². The first-order valence-electron chi connectivity index (χ1n) is 12.7. The third kappa shape index (κ3) is 4.99. The van der Waals surface area contributed by atoms with Crippen molar-refractivity contribution in [2.45, 2.75) is 59.0 Å². The second-order valence-electron chi connectivity index (χ2n) is 10.2. The third-order valence-corrected chi connectivity index (χ3v) is 9.11. The van der Waals surface area contributed by atoms with E-state index >= 15 is 0 Å². The molecular weight excluding hydrogens is 464 g/mol. The van der Waals surface area contributed by atoms with Gasteiger partial charge in [0, 0.05) is 39.3 Å². The van der Waals surface area contributed by atoms with Crippen LogP contribution >= 0.6 is 10.5 Å². The zero-order valence-corrected chi connectivity index (χ0v) is 22.3. The quantitative estimate of drug-likeness (QED) is 0.158. The van der Waals surface area contributed by atoms with E-state index < -0.39 is 11.6 Å². The summed E-state index contributed by atoms with van der Waals surface area (Å²) in [6.07, 6.45) is 4.77. The zero-order chi connectivity index (χ0) is 25.3. The monoisotopic (exact) mass is 497 g/mol. The van der Waals surface area contributed by atoms with E-state index in [-0.39, 0.29) is 17.1 Å². The van der Waals surface area contributed by atoms with Gasteiger partial charge in [0.25, 0.3) is 0 Å². The van der Waals surface area contributed by atoms with Gasteiger partial charge in [-0.05, 0) is 75.9 Å². The number of ether oxygens (including phenoxy) is 2. The molecule has 0 aliphatic heterocycles. The molecule has 0 radical (unpaired) electrons. The molecule has 1 saturated carbocycles. The second-order valence-corrected chi connectivity index (χ2v) is 12.2. The van der Waals surface area contributed by atoms with Crippen LogP contribution in [0.1, 0.15) is 50.7 Å². The molecule has 5 rings (SSSR count). The Morgan fingerprint density at radius 1 is 0.944 bits per heavy atom. The highest BCUT2D eigenvalue weighted by molar-refractivity contribution is 7.50. The van der Waals surface area contributed by atoms with E-state index in [0.717, 1.165) is 29.7 Å². The largest absolute Gasteiger partial charge is 0.481 e. The number of hydrogen-bond donors (Lipinski definition) is 0. The molecule has 3 nitrogen and oxygen atoms in total. The Morgan fingerprint density at radius 2 is 1.50 bits per heavy atom. The summed E-state index contributed by atoms with van der Waals surface area (Å²) in [5.41, 5.74) is 1.22. The lowest BCUT2D eigenvalue weighted by Gasteiger charge is -2.20. The van der Waals surface area contributed by atoms with Crippen molar-refractivity contribution < 1.29 is 14.3 Å².